The number of aliphatic hydroxyl groups is 1. The molecule has 8 heteroatoms. The van der Waals surface area contributed by atoms with Gasteiger partial charge in [-0.25, -0.2) is 9.97 Å². The SMILES string of the molecule is COc1ccc(CNC(O)c2nc(NC(C)c3ccccn3)nc3ccsc23)cc1. The first-order valence-electron chi connectivity index (χ1n) is 9.61. The number of anilines is 1. The van der Waals surface area contributed by atoms with Crippen molar-refractivity contribution < 1.29 is 9.84 Å². The minimum Gasteiger partial charge on any atom is -0.497 e. The lowest BCUT2D eigenvalue weighted by molar-refractivity contribution is 0.134. The van der Waals surface area contributed by atoms with E-state index in [2.05, 4.69) is 25.6 Å². The highest BCUT2D eigenvalue weighted by molar-refractivity contribution is 7.17. The van der Waals surface area contributed by atoms with Gasteiger partial charge in [-0.3, -0.25) is 10.3 Å². The minimum atomic E-state index is -0.929. The normalized spacial score (nSPS) is 13.2. The zero-order valence-electron chi connectivity index (χ0n) is 16.7. The van der Waals surface area contributed by atoms with Gasteiger partial charge in [-0.1, -0.05) is 18.2 Å². The monoisotopic (exact) mass is 421 g/mol. The van der Waals surface area contributed by atoms with Crippen LogP contribution in [0.2, 0.25) is 0 Å². The van der Waals surface area contributed by atoms with Crippen molar-refractivity contribution in [1.29, 1.82) is 0 Å². The fourth-order valence-electron chi connectivity index (χ4n) is 3.09. The molecule has 0 bridgehead atoms. The summed E-state index contributed by atoms with van der Waals surface area (Å²) in [4.78, 5) is 13.6. The fourth-order valence-corrected chi connectivity index (χ4v) is 3.94. The molecule has 7 nitrogen and oxygen atoms in total. The van der Waals surface area contributed by atoms with Crippen LogP contribution in [0.1, 0.15) is 36.1 Å². The average Bonchev–Trinajstić information content (AvgIpc) is 3.26. The van der Waals surface area contributed by atoms with E-state index in [-0.39, 0.29) is 6.04 Å². The maximum atomic E-state index is 10.8. The number of rotatable bonds is 8. The standard InChI is InChI=1S/C22H23N5O2S/c1-14(17-5-3-4-11-23-17)25-22-26-18-10-12-30-20(18)19(27-22)21(28)24-13-15-6-8-16(29-2)9-7-15/h3-12,14,21,24,28H,13H2,1-2H3,(H,25,26,27). The van der Waals surface area contributed by atoms with E-state index in [0.29, 0.717) is 18.2 Å². The molecule has 154 valence electrons. The molecule has 2 atom stereocenters. The first kappa shape index (κ1) is 20.2. The Kier molecular flexibility index (Phi) is 6.18. The summed E-state index contributed by atoms with van der Waals surface area (Å²) in [5.74, 6) is 1.26. The van der Waals surface area contributed by atoms with Gasteiger partial charge in [-0.05, 0) is 48.2 Å². The molecule has 4 aromatic rings. The van der Waals surface area contributed by atoms with Gasteiger partial charge in [0.2, 0.25) is 5.95 Å². The number of nitrogens with one attached hydrogen (secondary N) is 2. The van der Waals surface area contributed by atoms with E-state index in [1.807, 2.05) is 60.8 Å². The zero-order chi connectivity index (χ0) is 20.9. The van der Waals surface area contributed by atoms with Gasteiger partial charge in [0, 0.05) is 12.7 Å². The number of fused-ring (bicyclic) bond motifs is 1. The summed E-state index contributed by atoms with van der Waals surface area (Å²) in [6, 6.07) is 15.3. The highest BCUT2D eigenvalue weighted by Gasteiger charge is 2.18. The largest absolute Gasteiger partial charge is 0.497 e. The van der Waals surface area contributed by atoms with Crippen LogP contribution in [0.4, 0.5) is 5.95 Å². The Morgan fingerprint density at radius 3 is 2.67 bits per heavy atom. The second kappa shape index (κ2) is 9.17. The molecule has 0 saturated carbocycles. The summed E-state index contributed by atoms with van der Waals surface area (Å²) in [5, 5.41) is 19.2. The number of benzene rings is 1. The molecule has 3 N–H and O–H groups in total. The zero-order valence-corrected chi connectivity index (χ0v) is 17.6. The number of hydrogen-bond donors (Lipinski definition) is 3. The van der Waals surface area contributed by atoms with Crippen LogP contribution in [0.25, 0.3) is 10.2 Å². The summed E-state index contributed by atoms with van der Waals surface area (Å²) >= 11 is 1.51. The maximum absolute atomic E-state index is 10.8. The van der Waals surface area contributed by atoms with Crippen molar-refractivity contribution in [2.75, 3.05) is 12.4 Å². The van der Waals surface area contributed by atoms with Crippen LogP contribution in [0.3, 0.4) is 0 Å². The lowest BCUT2D eigenvalue weighted by Gasteiger charge is -2.17. The second-order valence-corrected chi connectivity index (χ2v) is 7.74. The molecule has 0 aliphatic heterocycles. The van der Waals surface area contributed by atoms with Crippen LogP contribution in [0.5, 0.6) is 5.75 Å². The van der Waals surface area contributed by atoms with Crippen molar-refractivity contribution in [3.8, 4) is 5.75 Å². The third kappa shape index (κ3) is 4.56. The van der Waals surface area contributed by atoms with Gasteiger partial charge in [-0.2, -0.15) is 0 Å². The van der Waals surface area contributed by atoms with Gasteiger partial charge in [0.05, 0.1) is 29.1 Å². The van der Waals surface area contributed by atoms with E-state index >= 15 is 0 Å². The van der Waals surface area contributed by atoms with Gasteiger partial charge in [0.1, 0.15) is 17.7 Å². The van der Waals surface area contributed by atoms with E-state index in [1.54, 1.807) is 13.3 Å². The number of thiophene rings is 1. The van der Waals surface area contributed by atoms with E-state index < -0.39 is 6.23 Å². The first-order valence-corrected chi connectivity index (χ1v) is 10.5. The quantitative estimate of drug-likeness (QED) is 0.370. The average molecular weight is 422 g/mol. The first-order chi connectivity index (χ1) is 14.6. The summed E-state index contributed by atoms with van der Waals surface area (Å²) in [7, 11) is 1.64. The molecule has 0 saturated heterocycles. The van der Waals surface area contributed by atoms with Crippen LogP contribution in [0, 0.1) is 0 Å². The van der Waals surface area contributed by atoms with Crippen molar-refractivity contribution in [2.24, 2.45) is 0 Å². The Balaban J connectivity index is 1.52. The van der Waals surface area contributed by atoms with E-state index in [4.69, 9.17) is 4.74 Å². The van der Waals surface area contributed by atoms with Crippen LogP contribution in [0.15, 0.2) is 60.1 Å². The highest BCUT2D eigenvalue weighted by atomic mass is 32.1. The number of methoxy groups -OCH3 is 1. The summed E-state index contributed by atoms with van der Waals surface area (Å²) in [6.45, 7) is 2.50. The Hall–Kier alpha value is -3.07. The van der Waals surface area contributed by atoms with Gasteiger partial charge in [0.15, 0.2) is 0 Å². The summed E-state index contributed by atoms with van der Waals surface area (Å²) in [6.07, 6.45) is 0.830. The topological polar surface area (TPSA) is 92.2 Å². The molecule has 2 unspecified atom stereocenters. The summed E-state index contributed by atoms with van der Waals surface area (Å²) < 4.78 is 6.05. The molecule has 0 amide bonds. The molecule has 30 heavy (non-hydrogen) atoms. The fraction of sp³-hybridized carbons (Fsp3) is 0.227. The number of hydrogen-bond acceptors (Lipinski definition) is 8. The Morgan fingerprint density at radius 1 is 1.10 bits per heavy atom. The molecular formula is C22H23N5O2S. The number of aliphatic hydroxyl groups excluding tert-OH is 1. The van der Waals surface area contributed by atoms with E-state index in [0.717, 1.165) is 27.2 Å². The molecule has 0 aliphatic carbocycles. The second-order valence-electron chi connectivity index (χ2n) is 6.82. The molecule has 3 aromatic heterocycles. The molecular weight excluding hydrogens is 398 g/mol. The highest BCUT2D eigenvalue weighted by Crippen LogP contribution is 2.28. The maximum Gasteiger partial charge on any atom is 0.224 e. The predicted molar refractivity (Wildman–Crippen MR) is 118 cm³/mol. The number of nitrogens with zero attached hydrogens (tertiary/aromatic N) is 3. The van der Waals surface area contributed by atoms with E-state index in [1.165, 1.54) is 11.3 Å². The molecule has 0 fully saturated rings. The molecule has 0 radical (unpaired) electrons. The lowest BCUT2D eigenvalue weighted by atomic mass is 10.2. The molecule has 4 rings (SSSR count). The number of ether oxygens (including phenoxy) is 1. The van der Waals surface area contributed by atoms with Gasteiger partial charge in [0.25, 0.3) is 0 Å². The van der Waals surface area contributed by atoms with Gasteiger partial charge >= 0.3 is 0 Å². The van der Waals surface area contributed by atoms with Crippen molar-refractivity contribution in [3.63, 3.8) is 0 Å². The Labute approximate surface area is 178 Å². The van der Waals surface area contributed by atoms with Crippen LogP contribution in [-0.4, -0.2) is 27.2 Å². The molecule has 0 spiro atoms. The molecule has 0 aliphatic rings. The molecule has 1 aromatic carbocycles. The third-order valence-corrected chi connectivity index (χ3v) is 5.65. The van der Waals surface area contributed by atoms with Crippen molar-refractivity contribution in [2.45, 2.75) is 25.7 Å². The Morgan fingerprint density at radius 2 is 1.93 bits per heavy atom. The van der Waals surface area contributed by atoms with Crippen LogP contribution >= 0.6 is 11.3 Å². The lowest BCUT2D eigenvalue weighted by Crippen LogP contribution is -2.22. The van der Waals surface area contributed by atoms with Crippen molar-refractivity contribution in [1.82, 2.24) is 20.3 Å². The van der Waals surface area contributed by atoms with Gasteiger partial charge < -0.3 is 15.2 Å². The summed E-state index contributed by atoms with van der Waals surface area (Å²) in [5.41, 5.74) is 3.28. The van der Waals surface area contributed by atoms with Crippen molar-refractivity contribution >= 4 is 27.5 Å². The van der Waals surface area contributed by atoms with Crippen molar-refractivity contribution in [3.05, 3.63) is 77.1 Å². The number of pyridine rings is 1. The predicted octanol–water partition coefficient (Wildman–Crippen LogP) is 4.05. The molecule has 3 heterocycles. The minimum absolute atomic E-state index is 0.0699. The number of aromatic nitrogens is 3. The van der Waals surface area contributed by atoms with Crippen LogP contribution < -0.4 is 15.4 Å². The smallest absolute Gasteiger partial charge is 0.224 e. The third-order valence-electron chi connectivity index (χ3n) is 4.72. The van der Waals surface area contributed by atoms with E-state index in [9.17, 15) is 5.11 Å². The van der Waals surface area contributed by atoms with Gasteiger partial charge in [-0.15, -0.1) is 11.3 Å². The Bertz CT molecular complexity index is 1100. The van der Waals surface area contributed by atoms with Crippen LogP contribution in [-0.2, 0) is 6.54 Å².